The summed E-state index contributed by atoms with van der Waals surface area (Å²) < 4.78 is 1.15. The summed E-state index contributed by atoms with van der Waals surface area (Å²) in [5.41, 5.74) is 7.20. The summed E-state index contributed by atoms with van der Waals surface area (Å²) in [6.45, 7) is 4.00. The number of carboxylic acid groups (broad SMARTS) is 1. The first-order valence-corrected chi connectivity index (χ1v) is 7.61. The molecule has 0 saturated carbocycles. The number of hydrogen-bond donors (Lipinski definition) is 2. The Morgan fingerprint density at radius 2 is 1.96 bits per heavy atom. The zero-order valence-corrected chi connectivity index (χ0v) is 14.0. The van der Waals surface area contributed by atoms with Crippen molar-refractivity contribution in [2.45, 2.75) is 32.7 Å². The third kappa shape index (κ3) is 4.63. The van der Waals surface area contributed by atoms with Gasteiger partial charge in [0.05, 0.1) is 11.3 Å². The number of rotatable bonds is 6. The Balaban J connectivity index is 0.00000139. The van der Waals surface area contributed by atoms with Gasteiger partial charge >= 0.3 is 11.8 Å². The zero-order chi connectivity index (χ0) is 18.3. The number of nitro groups is 1. The van der Waals surface area contributed by atoms with Crippen molar-refractivity contribution < 1.29 is 14.8 Å². The first-order chi connectivity index (χ1) is 11.4. The van der Waals surface area contributed by atoms with Gasteiger partial charge in [0.2, 0.25) is 0 Å². The van der Waals surface area contributed by atoms with Crippen molar-refractivity contribution in [3.8, 4) is 0 Å². The molecule has 1 atom stereocenters. The second kappa shape index (κ2) is 8.78. The van der Waals surface area contributed by atoms with E-state index in [9.17, 15) is 14.9 Å². The molecule has 24 heavy (non-hydrogen) atoms. The van der Waals surface area contributed by atoms with Crippen LogP contribution in [0.2, 0.25) is 0 Å². The van der Waals surface area contributed by atoms with Crippen LogP contribution in [0.15, 0.2) is 30.3 Å². The average molecular weight is 334 g/mol. The smallest absolute Gasteiger partial charge is 0.348 e. The third-order valence-electron chi connectivity index (χ3n) is 3.32. The first-order valence-electron chi connectivity index (χ1n) is 7.61. The van der Waals surface area contributed by atoms with Crippen LogP contribution in [0.1, 0.15) is 30.7 Å². The van der Waals surface area contributed by atoms with Crippen molar-refractivity contribution in [2.75, 3.05) is 0 Å². The van der Waals surface area contributed by atoms with Gasteiger partial charge in [0, 0.05) is 12.8 Å². The standard InChI is InChI=1S/C14H16N4O4.C2H6/c1-17-13(18(21)22)10(8-11(15)14(19)20)12(16-17)7-9-5-3-2-4-6-9;1-2/h2-6,11H,7-8,15H2,1H3,(H,19,20);1-2H3. The second-order valence-electron chi connectivity index (χ2n) is 4.94. The van der Waals surface area contributed by atoms with Crippen molar-refractivity contribution in [1.29, 1.82) is 0 Å². The molecule has 0 saturated heterocycles. The lowest BCUT2D eigenvalue weighted by atomic mass is 10.0. The van der Waals surface area contributed by atoms with Crippen molar-refractivity contribution in [2.24, 2.45) is 12.8 Å². The second-order valence-corrected chi connectivity index (χ2v) is 4.94. The molecule has 0 radical (unpaired) electrons. The van der Waals surface area contributed by atoms with Gasteiger partial charge in [-0.1, -0.05) is 49.3 Å². The summed E-state index contributed by atoms with van der Waals surface area (Å²) in [7, 11) is 1.46. The van der Waals surface area contributed by atoms with Crippen LogP contribution in [0.5, 0.6) is 0 Å². The Morgan fingerprint density at radius 1 is 1.38 bits per heavy atom. The first kappa shape index (κ1) is 19.3. The number of nitrogens with zero attached hydrogens (tertiary/aromatic N) is 3. The zero-order valence-electron chi connectivity index (χ0n) is 14.0. The van der Waals surface area contributed by atoms with Gasteiger partial charge in [0.15, 0.2) is 0 Å². The average Bonchev–Trinajstić information content (AvgIpc) is 2.85. The predicted molar refractivity (Wildman–Crippen MR) is 89.8 cm³/mol. The normalized spacial score (nSPS) is 11.3. The van der Waals surface area contributed by atoms with E-state index < -0.39 is 16.9 Å². The van der Waals surface area contributed by atoms with Crippen molar-refractivity contribution >= 4 is 11.8 Å². The summed E-state index contributed by atoms with van der Waals surface area (Å²) in [6.07, 6.45) is 0.242. The largest absolute Gasteiger partial charge is 0.480 e. The highest BCUT2D eigenvalue weighted by atomic mass is 16.6. The summed E-state index contributed by atoms with van der Waals surface area (Å²) in [4.78, 5) is 21.6. The molecule has 1 aromatic heterocycles. The van der Waals surface area contributed by atoms with E-state index in [1.54, 1.807) is 0 Å². The Kier molecular flexibility index (Phi) is 7.06. The highest BCUT2D eigenvalue weighted by Gasteiger charge is 2.28. The molecule has 0 aliphatic rings. The van der Waals surface area contributed by atoms with Gasteiger partial charge in [-0.25, -0.2) is 0 Å². The molecule has 0 fully saturated rings. The highest BCUT2D eigenvalue weighted by molar-refractivity contribution is 5.73. The minimum atomic E-state index is -1.21. The maximum atomic E-state index is 11.2. The van der Waals surface area contributed by atoms with Crippen LogP contribution in [-0.4, -0.2) is 31.8 Å². The number of aromatic nitrogens is 2. The van der Waals surface area contributed by atoms with Crippen LogP contribution in [0.25, 0.3) is 0 Å². The van der Waals surface area contributed by atoms with E-state index in [4.69, 9.17) is 10.8 Å². The monoisotopic (exact) mass is 334 g/mol. The SMILES string of the molecule is CC.Cn1nc(Cc2ccccc2)c(CC(N)C(=O)O)c1[N+](=O)[O-]. The summed E-state index contributed by atoms with van der Waals surface area (Å²) >= 11 is 0. The molecule has 1 aromatic carbocycles. The lowest BCUT2D eigenvalue weighted by molar-refractivity contribution is -0.393. The highest BCUT2D eigenvalue weighted by Crippen LogP contribution is 2.25. The number of nitrogens with two attached hydrogens (primary N) is 1. The maximum Gasteiger partial charge on any atom is 0.348 e. The molecule has 0 aliphatic heterocycles. The predicted octanol–water partition coefficient (Wildman–Crippen LogP) is 1.90. The minimum absolute atomic E-state index is 0.137. The summed E-state index contributed by atoms with van der Waals surface area (Å²) in [5.74, 6) is -1.42. The van der Waals surface area contributed by atoms with Gasteiger partial charge in [-0.3, -0.25) is 4.79 Å². The molecule has 0 amide bonds. The van der Waals surface area contributed by atoms with E-state index in [1.165, 1.54) is 7.05 Å². The number of carbonyl (C=O) groups is 1. The van der Waals surface area contributed by atoms with Gasteiger partial charge < -0.3 is 21.0 Å². The van der Waals surface area contributed by atoms with Crippen LogP contribution in [0.3, 0.4) is 0 Å². The summed E-state index contributed by atoms with van der Waals surface area (Å²) in [5, 5.41) is 24.3. The molecule has 0 bridgehead atoms. The van der Waals surface area contributed by atoms with E-state index >= 15 is 0 Å². The number of aryl methyl sites for hydroxylation is 1. The molecule has 1 unspecified atom stereocenters. The fraction of sp³-hybridized carbons (Fsp3) is 0.375. The van der Waals surface area contributed by atoms with Crippen LogP contribution in [0, 0.1) is 10.1 Å². The number of aliphatic carboxylic acids is 1. The molecule has 130 valence electrons. The van der Waals surface area contributed by atoms with Gasteiger partial charge in [0.25, 0.3) is 0 Å². The molecule has 2 rings (SSSR count). The van der Waals surface area contributed by atoms with Crippen LogP contribution < -0.4 is 5.73 Å². The molecule has 2 aromatic rings. The van der Waals surface area contributed by atoms with E-state index in [1.807, 2.05) is 44.2 Å². The molecular formula is C16H22N4O4. The molecule has 8 nitrogen and oxygen atoms in total. The Hall–Kier alpha value is -2.74. The fourth-order valence-electron chi connectivity index (χ4n) is 2.29. The Morgan fingerprint density at radius 3 is 2.46 bits per heavy atom. The summed E-state index contributed by atoms with van der Waals surface area (Å²) in [6, 6.07) is 8.12. The third-order valence-corrected chi connectivity index (χ3v) is 3.32. The van der Waals surface area contributed by atoms with Crippen LogP contribution in [0.4, 0.5) is 5.82 Å². The van der Waals surface area contributed by atoms with Crippen molar-refractivity contribution in [3.05, 3.63) is 57.3 Å². The number of benzene rings is 1. The van der Waals surface area contributed by atoms with Gasteiger partial charge in [-0.2, -0.15) is 0 Å². The van der Waals surface area contributed by atoms with Gasteiger partial charge in [-0.15, -0.1) is 4.68 Å². The van der Waals surface area contributed by atoms with Crippen molar-refractivity contribution in [3.63, 3.8) is 0 Å². The molecule has 8 heteroatoms. The number of carboxylic acids is 1. The van der Waals surface area contributed by atoms with E-state index in [0.717, 1.165) is 10.2 Å². The fourth-order valence-corrected chi connectivity index (χ4v) is 2.29. The number of hydrogen-bond acceptors (Lipinski definition) is 5. The molecular weight excluding hydrogens is 312 g/mol. The Bertz CT molecular complexity index is 698. The topological polar surface area (TPSA) is 124 Å². The molecule has 0 aliphatic carbocycles. The van der Waals surface area contributed by atoms with Crippen molar-refractivity contribution in [1.82, 2.24) is 9.78 Å². The van der Waals surface area contributed by atoms with Crippen LogP contribution >= 0.6 is 0 Å². The molecule has 1 heterocycles. The van der Waals surface area contributed by atoms with Gasteiger partial charge in [-0.05, 0) is 10.5 Å². The molecule has 3 N–H and O–H groups in total. The van der Waals surface area contributed by atoms with Crippen LogP contribution in [-0.2, 0) is 24.7 Å². The van der Waals surface area contributed by atoms with Gasteiger partial charge in [0.1, 0.15) is 13.1 Å². The van der Waals surface area contributed by atoms with E-state index in [0.29, 0.717) is 12.1 Å². The van der Waals surface area contributed by atoms with E-state index in [2.05, 4.69) is 5.10 Å². The van der Waals surface area contributed by atoms with E-state index in [-0.39, 0.29) is 17.8 Å². The quantitative estimate of drug-likeness (QED) is 0.614. The molecule has 0 spiro atoms. The maximum absolute atomic E-state index is 11.2. The minimum Gasteiger partial charge on any atom is -0.480 e. The Labute approximate surface area is 140 Å². The lowest BCUT2D eigenvalue weighted by Gasteiger charge is -2.06. The lowest BCUT2D eigenvalue weighted by Crippen LogP contribution is -2.32.